The van der Waals surface area contributed by atoms with Crippen LogP contribution >= 0.6 is 15.9 Å². The first-order valence-electron chi connectivity index (χ1n) is 7.78. The van der Waals surface area contributed by atoms with Gasteiger partial charge in [-0.1, -0.05) is 18.9 Å². The minimum Gasteiger partial charge on any atom is -0.349 e. The molecule has 6 heteroatoms. The molecule has 5 nitrogen and oxygen atoms in total. The van der Waals surface area contributed by atoms with Crippen LogP contribution in [0.5, 0.6) is 0 Å². The van der Waals surface area contributed by atoms with Gasteiger partial charge in [0.1, 0.15) is 0 Å². The normalized spacial score (nSPS) is 14.7. The Kier molecular flexibility index (Phi) is 4.91. The zero-order chi connectivity index (χ0) is 16.2. The molecule has 1 amide bonds. The Balaban J connectivity index is 1.65. The smallest absolute Gasteiger partial charge is 0.254 e. The molecule has 2 aromatic rings. The number of benzene rings is 1. The Labute approximate surface area is 144 Å². The predicted octanol–water partition coefficient (Wildman–Crippen LogP) is 3.96. The maximum Gasteiger partial charge on any atom is 0.254 e. The van der Waals surface area contributed by atoms with E-state index in [9.17, 15) is 4.79 Å². The number of carbonyl (C=O) groups excluding carboxylic acids is 1. The summed E-state index contributed by atoms with van der Waals surface area (Å²) in [7, 11) is 0. The van der Waals surface area contributed by atoms with Crippen LogP contribution in [0.1, 0.15) is 41.6 Å². The third kappa shape index (κ3) is 4.07. The fraction of sp³-hybridized carbons (Fsp3) is 0.353. The summed E-state index contributed by atoms with van der Waals surface area (Å²) in [4.78, 5) is 20.6. The van der Waals surface area contributed by atoms with Crippen LogP contribution in [0.15, 0.2) is 35.1 Å². The first-order chi connectivity index (χ1) is 11.1. The predicted molar refractivity (Wildman–Crippen MR) is 93.9 cm³/mol. The number of nitrogens with zero attached hydrogens (tertiary/aromatic N) is 2. The van der Waals surface area contributed by atoms with Gasteiger partial charge in [0.2, 0.25) is 5.95 Å². The van der Waals surface area contributed by atoms with E-state index in [0.29, 0.717) is 17.6 Å². The third-order valence-corrected chi connectivity index (χ3v) is 4.63. The number of anilines is 2. The molecule has 0 atom stereocenters. The maximum absolute atomic E-state index is 12.1. The molecule has 0 unspecified atom stereocenters. The van der Waals surface area contributed by atoms with Crippen LogP contribution < -0.4 is 10.6 Å². The van der Waals surface area contributed by atoms with E-state index in [0.717, 1.165) is 23.0 Å². The van der Waals surface area contributed by atoms with Crippen molar-refractivity contribution in [3.05, 3.63) is 46.2 Å². The molecule has 0 radical (unpaired) electrons. The largest absolute Gasteiger partial charge is 0.349 e. The topological polar surface area (TPSA) is 66.9 Å². The van der Waals surface area contributed by atoms with E-state index < -0.39 is 0 Å². The van der Waals surface area contributed by atoms with Crippen molar-refractivity contribution in [3.8, 4) is 0 Å². The summed E-state index contributed by atoms with van der Waals surface area (Å²) in [5.74, 6) is 0.368. The third-order valence-electron chi connectivity index (χ3n) is 3.98. The molecule has 1 saturated carbocycles. The molecule has 2 N–H and O–H groups in total. The Hall–Kier alpha value is -1.95. The van der Waals surface area contributed by atoms with Crippen molar-refractivity contribution in [2.24, 2.45) is 0 Å². The summed E-state index contributed by atoms with van der Waals surface area (Å²) < 4.78 is 0.948. The fourth-order valence-electron chi connectivity index (χ4n) is 2.69. The molecule has 0 spiro atoms. The minimum atomic E-state index is -0.0973. The van der Waals surface area contributed by atoms with Gasteiger partial charge in [0.15, 0.2) is 0 Å². The molecule has 1 fully saturated rings. The molecular formula is C17H19BrN4O. The van der Waals surface area contributed by atoms with E-state index in [1.54, 1.807) is 12.4 Å². The number of hydrogen-bond donors (Lipinski definition) is 2. The Morgan fingerprint density at radius 3 is 2.57 bits per heavy atom. The number of rotatable bonds is 4. The molecular weight excluding hydrogens is 356 g/mol. The Bertz CT molecular complexity index is 696. The van der Waals surface area contributed by atoms with Crippen LogP contribution in [0.4, 0.5) is 11.6 Å². The summed E-state index contributed by atoms with van der Waals surface area (Å²) >= 11 is 3.51. The average Bonchev–Trinajstić information content (AvgIpc) is 3.04. The lowest BCUT2D eigenvalue weighted by atomic mass is 10.2. The molecule has 0 aliphatic heterocycles. The summed E-state index contributed by atoms with van der Waals surface area (Å²) in [6.45, 7) is 2.03. The second kappa shape index (κ2) is 7.08. The van der Waals surface area contributed by atoms with Crippen molar-refractivity contribution >= 4 is 33.5 Å². The first-order valence-corrected chi connectivity index (χ1v) is 8.57. The summed E-state index contributed by atoms with van der Waals surface area (Å²) in [6, 6.07) is 6.29. The van der Waals surface area contributed by atoms with Crippen LogP contribution in [0.3, 0.4) is 0 Å². The highest BCUT2D eigenvalue weighted by Gasteiger charge is 2.18. The number of carbonyl (C=O) groups is 1. The molecule has 1 aromatic carbocycles. The fourth-order valence-corrected chi connectivity index (χ4v) is 3.28. The van der Waals surface area contributed by atoms with E-state index >= 15 is 0 Å². The van der Waals surface area contributed by atoms with Crippen molar-refractivity contribution in [1.29, 1.82) is 0 Å². The van der Waals surface area contributed by atoms with E-state index in [2.05, 4.69) is 36.5 Å². The first kappa shape index (κ1) is 15.9. The number of aromatic nitrogens is 2. The van der Waals surface area contributed by atoms with Gasteiger partial charge in [0.25, 0.3) is 5.91 Å². The number of halogens is 1. The number of amides is 1. The second-order valence-electron chi connectivity index (χ2n) is 5.86. The summed E-state index contributed by atoms with van der Waals surface area (Å²) in [5, 5.41) is 6.17. The number of nitrogens with one attached hydrogen (secondary N) is 2. The van der Waals surface area contributed by atoms with Gasteiger partial charge in [-0.3, -0.25) is 4.79 Å². The Morgan fingerprint density at radius 1 is 1.22 bits per heavy atom. The highest BCUT2D eigenvalue weighted by molar-refractivity contribution is 9.10. The quantitative estimate of drug-likeness (QED) is 0.849. The highest BCUT2D eigenvalue weighted by Crippen LogP contribution is 2.25. The minimum absolute atomic E-state index is 0.0973. The summed E-state index contributed by atoms with van der Waals surface area (Å²) in [5.41, 5.74) is 2.55. The maximum atomic E-state index is 12.1. The number of hydrogen-bond acceptors (Lipinski definition) is 4. The lowest BCUT2D eigenvalue weighted by Crippen LogP contribution is -2.32. The standard InChI is InChI=1S/C17H19BrN4O/c1-11-6-7-15(14(18)8-11)22-17-19-9-12(10-20-17)16(23)21-13-4-2-3-5-13/h6-10,13H,2-5H2,1H3,(H,21,23)(H,19,20,22). The van der Waals surface area contributed by atoms with Gasteiger partial charge >= 0.3 is 0 Å². The van der Waals surface area contributed by atoms with E-state index in [1.807, 2.05) is 25.1 Å². The second-order valence-corrected chi connectivity index (χ2v) is 6.71. The Morgan fingerprint density at radius 2 is 1.91 bits per heavy atom. The highest BCUT2D eigenvalue weighted by atomic mass is 79.9. The van der Waals surface area contributed by atoms with Crippen molar-refractivity contribution in [3.63, 3.8) is 0 Å². The van der Waals surface area contributed by atoms with Gasteiger partial charge in [-0.2, -0.15) is 0 Å². The monoisotopic (exact) mass is 374 g/mol. The molecule has 1 aliphatic rings. The molecule has 1 aromatic heterocycles. The van der Waals surface area contributed by atoms with Gasteiger partial charge in [-0.05, 0) is 53.4 Å². The lowest BCUT2D eigenvalue weighted by Gasteiger charge is -2.12. The van der Waals surface area contributed by atoms with Crippen LogP contribution in [0.25, 0.3) is 0 Å². The van der Waals surface area contributed by atoms with E-state index in [1.165, 1.54) is 18.4 Å². The molecule has 3 rings (SSSR count). The molecule has 23 heavy (non-hydrogen) atoms. The molecule has 0 bridgehead atoms. The van der Waals surface area contributed by atoms with Crippen molar-refractivity contribution in [2.75, 3.05) is 5.32 Å². The van der Waals surface area contributed by atoms with Crippen LogP contribution in [0, 0.1) is 6.92 Å². The van der Waals surface area contributed by atoms with Crippen molar-refractivity contribution in [1.82, 2.24) is 15.3 Å². The van der Waals surface area contributed by atoms with Crippen LogP contribution in [0.2, 0.25) is 0 Å². The van der Waals surface area contributed by atoms with E-state index in [4.69, 9.17) is 0 Å². The molecule has 1 aliphatic carbocycles. The van der Waals surface area contributed by atoms with Crippen LogP contribution in [-0.2, 0) is 0 Å². The van der Waals surface area contributed by atoms with Gasteiger partial charge in [-0.25, -0.2) is 9.97 Å². The zero-order valence-electron chi connectivity index (χ0n) is 13.0. The van der Waals surface area contributed by atoms with Crippen molar-refractivity contribution in [2.45, 2.75) is 38.6 Å². The van der Waals surface area contributed by atoms with Crippen LogP contribution in [-0.4, -0.2) is 21.9 Å². The van der Waals surface area contributed by atoms with Crippen molar-refractivity contribution < 1.29 is 4.79 Å². The SMILES string of the molecule is Cc1ccc(Nc2ncc(C(=O)NC3CCCC3)cn2)c(Br)c1. The van der Waals surface area contributed by atoms with E-state index in [-0.39, 0.29) is 5.91 Å². The average molecular weight is 375 g/mol. The summed E-state index contributed by atoms with van der Waals surface area (Å²) in [6.07, 6.45) is 7.62. The van der Waals surface area contributed by atoms with Gasteiger partial charge in [-0.15, -0.1) is 0 Å². The molecule has 0 saturated heterocycles. The molecule has 120 valence electrons. The lowest BCUT2D eigenvalue weighted by molar-refractivity contribution is 0.0937. The van der Waals surface area contributed by atoms with Gasteiger partial charge in [0, 0.05) is 22.9 Å². The molecule has 1 heterocycles. The zero-order valence-corrected chi connectivity index (χ0v) is 14.6. The van der Waals surface area contributed by atoms with Gasteiger partial charge in [0.05, 0.1) is 11.3 Å². The number of aryl methyl sites for hydroxylation is 1. The van der Waals surface area contributed by atoms with Gasteiger partial charge < -0.3 is 10.6 Å².